The van der Waals surface area contributed by atoms with Gasteiger partial charge in [0.25, 0.3) is 0 Å². The van der Waals surface area contributed by atoms with Crippen molar-refractivity contribution in [2.75, 3.05) is 32.1 Å². The largest absolute Gasteiger partial charge is 0.383 e. The molecule has 0 spiro atoms. The van der Waals surface area contributed by atoms with E-state index in [1.807, 2.05) is 0 Å². The van der Waals surface area contributed by atoms with E-state index in [0.717, 1.165) is 19.3 Å². The normalized spacial score (nSPS) is 14.7. The number of carbonyl (C=O) groups is 2. The number of methoxy groups -OCH3 is 1. The first-order chi connectivity index (χ1) is 9.70. The number of rotatable bonds is 7. The number of nitrogens with zero attached hydrogens (tertiary/aromatic N) is 2. The molecule has 1 fully saturated rings. The standard InChI is InChI=1S/C13H19N3O4/c1-19-8-6-16(13(18)10-3-2-4-10)9-12(17)14-11-5-7-20-15-11/h5,7,10H,2-4,6,8-9H2,1H3,(H,14,15,17). The third kappa shape index (κ3) is 3.80. The Bertz CT molecular complexity index is 442. The molecule has 1 aromatic rings. The predicted octanol–water partition coefficient (Wildman–Crippen LogP) is 0.888. The lowest BCUT2D eigenvalue weighted by molar-refractivity contribution is -0.141. The van der Waals surface area contributed by atoms with Gasteiger partial charge in [-0.1, -0.05) is 11.6 Å². The van der Waals surface area contributed by atoms with Crippen LogP contribution in [0.5, 0.6) is 0 Å². The van der Waals surface area contributed by atoms with Crippen molar-refractivity contribution in [1.82, 2.24) is 10.1 Å². The molecule has 7 nitrogen and oxygen atoms in total. The summed E-state index contributed by atoms with van der Waals surface area (Å²) in [6.45, 7) is 0.833. The van der Waals surface area contributed by atoms with Gasteiger partial charge in [0.05, 0.1) is 13.2 Å². The Morgan fingerprint density at radius 1 is 1.55 bits per heavy atom. The van der Waals surface area contributed by atoms with Crippen LogP contribution in [0.4, 0.5) is 5.82 Å². The number of nitrogens with one attached hydrogen (secondary N) is 1. The topological polar surface area (TPSA) is 84.7 Å². The fourth-order valence-electron chi connectivity index (χ4n) is 2.01. The Hall–Kier alpha value is -1.89. The van der Waals surface area contributed by atoms with E-state index in [2.05, 4.69) is 15.0 Å². The molecule has 0 radical (unpaired) electrons. The SMILES string of the molecule is COCCN(CC(=O)Nc1ccon1)C(=O)C1CCC1. The van der Waals surface area contributed by atoms with Gasteiger partial charge >= 0.3 is 0 Å². The number of carbonyl (C=O) groups excluding carboxylic acids is 2. The lowest BCUT2D eigenvalue weighted by atomic mass is 9.84. The highest BCUT2D eigenvalue weighted by molar-refractivity contribution is 5.94. The molecular formula is C13H19N3O4. The van der Waals surface area contributed by atoms with Crippen molar-refractivity contribution in [3.8, 4) is 0 Å². The molecule has 1 aromatic heterocycles. The molecule has 0 aromatic carbocycles. The van der Waals surface area contributed by atoms with Crippen molar-refractivity contribution in [2.24, 2.45) is 5.92 Å². The van der Waals surface area contributed by atoms with Gasteiger partial charge in [-0.2, -0.15) is 0 Å². The van der Waals surface area contributed by atoms with Crippen LogP contribution in [0.1, 0.15) is 19.3 Å². The van der Waals surface area contributed by atoms with E-state index in [0.29, 0.717) is 19.0 Å². The average molecular weight is 281 g/mol. The molecule has 1 heterocycles. The van der Waals surface area contributed by atoms with Gasteiger partial charge < -0.3 is 19.5 Å². The van der Waals surface area contributed by atoms with Crippen LogP contribution < -0.4 is 5.32 Å². The van der Waals surface area contributed by atoms with Gasteiger partial charge in [-0.05, 0) is 12.8 Å². The predicted molar refractivity (Wildman–Crippen MR) is 70.9 cm³/mol. The van der Waals surface area contributed by atoms with Crippen molar-refractivity contribution in [3.05, 3.63) is 12.3 Å². The minimum absolute atomic E-state index is 0.00551. The number of hydrogen-bond acceptors (Lipinski definition) is 5. The molecule has 2 rings (SSSR count). The zero-order valence-electron chi connectivity index (χ0n) is 11.5. The van der Waals surface area contributed by atoms with E-state index in [-0.39, 0.29) is 24.3 Å². The van der Waals surface area contributed by atoms with E-state index < -0.39 is 0 Å². The van der Waals surface area contributed by atoms with Crippen LogP contribution in [0, 0.1) is 5.92 Å². The highest BCUT2D eigenvalue weighted by atomic mass is 16.5. The molecule has 1 aliphatic carbocycles. The molecule has 110 valence electrons. The summed E-state index contributed by atoms with van der Waals surface area (Å²) in [6, 6.07) is 1.55. The molecule has 1 N–H and O–H groups in total. The van der Waals surface area contributed by atoms with Crippen molar-refractivity contribution in [1.29, 1.82) is 0 Å². The van der Waals surface area contributed by atoms with E-state index in [4.69, 9.17) is 4.74 Å². The van der Waals surface area contributed by atoms with Gasteiger partial charge in [-0.15, -0.1) is 0 Å². The molecule has 1 aliphatic rings. The van der Waals surface area contributed by atoms with Crippen molar-refractivity contribution >= 4 is 17.6 Å². The lowest BCUT2D eigenvalue weighted by Crippen LogP contribution is -2.44. The maximum Gasteiger partial charge on any atom is 0.245 e. The molecule has 2 amide bonds. The van der Waals surface area contributed by atoms with E-state index in [9.17, 15) is 9.59 Å². The van der Waals surface area contributed by atoms with Crippen LogP contribution in [0.3, 0.4) is 0 Å². The Morgan fingerprint density at radius 2 is 2.35 bits per heavy atom. The summed E-state index contributed by atoms with van der Waals surface area (Å²) in [5.74, 6) is 0.149. The zero-order chi connectivity index (χ0) is 14.4. The van der Waals surface area contributed by atoms with Gasteiger partial charge in [-0.25, -0.2) is 0 Å². The summed E-state index contributed by atoms with van der Waals surface area (Å²) < 4.78 is 9.62. The maximum absolute atomic E-state index is 12.2. The third-order valence-electron chi connectivity index (χ3n) is 3.37. The third-order valence-corrected chi connectivity index (χ3v) is 3.37. The monoisotopic (exact) mass is 281 g/mol. The summed E-state index contributed by atoms with van der Waals surface area (Å²) in [5, 5.41) is 6.18. The summed E-state index contributed by atoms with van der Waals surface area (Å²) in [5.41, 5.74) is 0. The molecule has 20 heavy (non-hydrogen) atoms. The first-order valence-electron chi connectivity index (χ1n) is 6.68. The van der Waals surface area contributed by atoms with E-state index >= 15 is 0 Å². The molecule has 0 aliphatic heterocycles. The van der Waals surface area contributed by atoms with E-state index in [1.165, 1.54) is 6.26 Å². The molecule has 7 heteroatoms. The first kappa shape index (κ1) is 14.5. The van der Waals surface area contributed by atoms with Crippen LogP contribution >= 0.6 is 0 Å². The van der Waals surface area contributed by atoms with Crippen molar-refractivity contribution < 1.29 is 18.8 Å². The van der Waals surface area contributed by atoms with Crippen LogP contribution in [-0.2, 0) is 14.3 Å². The van der Waals surface area contributed by atoms with Crippen LogP contribution in [0.15, 0.2) is 16.9 Å². The second kappa shape index (κ2) is 7.04. The highest BCUT2D eigenvalue weighted by Gasteiger charge is 2.30. The summed E-state index contributed by atoms with van der Waals surface area (Å²) >= 11 is 0. The first-order valence-corrected chi connectivity index (χ1v) is 6.68. The Balaban J connectivity index is 1.88. The van der Waals surface area contributed by atoms with Crippen molar-refractivity contribution in [3.63, 3.8) is 0 Å². The van der Waals surface area contributed by atoms with Gasteiger partial charge in [-0.3, -0.25) is 9.59 Å². The Morgan fingerprint density at radius 3 is 2.90 bits per heavy atom. The number of hydrogen-bond donors (Lipinski definition) is 1. The van der Waals surface area contributed by atoms with Crippen LogP contribution in [0.2, 0.25) is 0 Å². The minimum atomic E-state index is -0.289. The number of anilines is 1. The fourth-order valence-corrected chi connectivity index (χ4v) is 2.01. The van der Waals surface area contributed by atoms with Crippen molar-refractivity contribution in [2.45, 2.75) is 19.3 Å². The molecule has 0 unspecified atom stereocenters. The Kier molecular flexibility index (Phi) is 5.11. The average Bonchev–Trinajstić information content (AvgIpc) is 2.84. The quantitative estimate of drug-likeness (QED) is 0.802. The van der Waals surface area contributed by atoms with Gasteiger partial charge in [0.15, 0.2) is 5.82 Å². The molecule has 0 saturated heterocycles. The lowest BCUT2D eigenvalue weighted by Gasteiger charge is -2.31. The Labute approximate surface area is 117 Å². The second-order valence-electron chi connectivity index (χ2n) is 4.81. The number of aromatic nitrogens is 1. The summed E-state index contributed by atoms with van der Waals surface area (Å²) in [6.07, 6.45) is 4.28. The van der Waals surface area contributed by atoms with Gasteiger partial charge in [0.2, 0.25) is 11.8 Å². The smallest absolute Gasteiger partial charge is 0.245 e. The number of amides is 2. The summed E-state index contributed by atoms with van der Waals surface area (Å²) in [4.78, 5) is 25.7. The molecule has 1 saturated carbocycles. The van der Waals surface area contributed by atoms with Gasteiger partial charge in [0, 0.05) is 25.6 Å². The van der Waals surface area contributed by atoms with Crippen LogP contribution in [-0.4, -0.2) is 48.7 Å². The molecule has 0 atom stereocenters. The second-order valence-corrected chi connectivity index (χ2v) is 4.81. The molecular weight excluding hydrogens is 262 g/mol. The zero-order valence-corrected chi connectivity index (χ0v) is 11.5. The van der Waals surface area contributed by atoms with Crippen LogP contribution in [0.25, 0.3) is 0 Å². The minimum Gasteiger partial charge on any atom is -0.383 e. The molecule has 0 bridgehead atoms. The maximum atomic E-state index is 12.2. The fraction of sp³-hybridized carbons (Fsp3) is 0.615. The van der Waals surface area contributed by atoms with E-state index in [1.54, 1.807) is 18.1 Å². The van der Waals surface area contributed by atoms with Gasteiger partial charge in [0.1, 0.15) is 6.26 Å². The number of ether oxygens (including phenoxy) is 1. The highest BCUT2D eigenvalue weighted by Crippen LogP contribution is 2.28. The summed E-state index contributed by atoms with van der Waals surface area (Å²) in [7, 11) is 1.57.